The SMILES string of the molecule is C=C1C2C(CCc3c(C(F)(F)F)ccc(C(F)(F)F)c3-c3cc(-c4ccccc4)cc[n+]31)c1cccc3c1C1N(C=CN21)CC3. The number of hydrogen-bond donors (Lipinski definition) is 0. The molecule has 0 amide bonds. The van der Waals surface area contributed by atoms with Gasteiger partial charge < -0.3 is 9.80 Å². The summed E-state index contributed by atoms with van der Waals surface area (Å²) in [6.07, 6.45) is -3.26. The molecule has 5 heterocycles. The van der Waals surface area contributed by atoms with Crippen LogP contribution >= 0.6 is 0 Å². The molecule has 1 aromatic heterocycles. The zero-order valence-corrected chi connectivity index (χ0v) is 24.0. The van der Waals surface area contributed by atoms with Crippen molar-refractivity contribution in [1.82, 2.24) is 9.80 Å². The lowest BCUT2D eigenvalue weighted by Gasteiger charge is -2.48. The van der Waals surface area contributed by atoms with E-state index in [2.05, 4.69) is 22.4 Å². The maximum atomic E-state index is 14.8. The van der Waals surface area contributed by atoms with Gasteiger partial charge in [0.25, 0.3) is 0 Å². The Bertz CT molecular complexity index is 1890. The summed E-state index contributed by atoms with van der Waals surface area (Å²) in [6.45, 7) is 5.30. The average molecular weight is 617 g/mol. The van der Waals surface area contributed by atoms with Crippen LogP contribution in [0, 0.1) is 0 Å². The van der Waals surface area contributed by atoms with Crippen LogP contribution in [0.4, 0.5) is 26.3 Å². The summed E-state index contributed by atoms with van der Waals surface area (Å²) in [5.41, 5.74) is 2.36. The minimum atomic E-state index is -4.89. The Balaban J connectivity index is 1.44. The topological polar surface area (TPSA) is 10.4 Å². The van der Waals surface area contributed by atoms with Crippen molar-refractivity contribution >= 4 is 5.70 Å². The fourth-order valence-corrected chi connectivity index (χ4v) is 7.99. The number of aromatic nitrogens is 1. The summed E-state index contributed by atoms with van der Waals surface area (Å²) in [7, 11) is 0. The van der Waals surface area contributed by atoms with E-state index in [1.165, 1.54) is 5.56 Å². The number of halogens is 6. The molecular formula is C36H28F6N3+. The van der Waals surface area contributed by atoms with Crippen LogP contribution in [0.1, 0.15) is 51.9 Å². The summed E-state index contributed by atoms with van der Waals surface area (Å²) in [5, 5.41) is 0. The van der Waals surface area contributed by atoms with Gasteiger partial charge in [0.15, 0.2) is 6.20 Å². The normalized spacial score (nSPS) is 21.7. The third kappa shape index (κ3) is 4.23. The molecule has 3 nitrogen and oxygen atoms in total. The maximum Gasteiger partial charge on any atom is 0.417 e. The predicted molar refractivity (Wildman–Crippen MR) is 158 cm³/mol. The van der Waals surface area contributed by atoms with Gasteiger partial charge in [-0.1, -0.05) is 48.5 Å². The Hall–Kier alpha value is -4.53. The standard InChI is InChI=1S/C36H28F6N3/c1-21-33-26(25-9-5-8-23-14-16-43-18-19-45(33)34(43)31(23)25)10-11-27-28(35(37,38)39)12-13-29(36(40,41)42)32(27)30-20-24(15-17-44(21)30)22-6-3-2-4-7-22/h2-9,12-13,15,17-20,26,33-34H,1,10-11,14,16H2/q+1. The van der Waals surface area contributed by atoms with E-state index in [0.29, 0.717) is 23.4 Å². The van der Waals surface area contributed by atoms with E-state index >= 15 is 0 Å². The first kappa shape index (κ1) is 28.0. The molecule has 0 fully saturated rings. The smallest absolute Gasteiger partial charge is 0.352 e. The Morgan fingerprint density at radius 2 is 1.53 bits per heavy atom. The Morgan fingerprint density at radius 1 is 0.778 bits per heavy atom. The van der Waals surface area contributed by atoms with Crippen molar-refractivity contribution in [2.45, 2.75) is 49.7 Å². The molecule has 3 aromatic carbocycles. The number of pyridine rings is 1. The van der Waals surface area contributed by atoms with Crippen molar-refractivity contribution in [3.05, 3.63) is 131 Å². The van der Waals surface area contributed by atoms with Crippen LogP contribution in [0.2, 0.25) is 0 Å². The van der Waals surface area contributed by atoms with Gasteiger partial charge >= 0.3 is 12.4 Å². The highest BCUT2D eigenvalue weighted by molar-refractivity contribution is 5.75. The molecule has 0 radical (unpaired) electrons. The quantitative estimate of drug-likeness (QED) is 0.157. The molecule has 0 saturated heterocycles. The van der Waals surface area contributed by atoms with Crippen LogP contribution in [0.5, 0.6) is 0 Å². The Kier molecular flexibility index (Phi) is 6.05. The van der Waals surface area contributed by atoms with Crippen LogP contribution in [0.3, 0.4) is 0 Å². The van der Waals surface area contributed by atoms with Crippen molar-refractivity contribution < 1.29 is 30.9 Å². The van der Waals surface area contributed by atoms with Gasteiger partial charge in [-0.3, -0.25) is 0 Å². The van der Waals surface area contributed by atoms with Crippen LogP contribution in [-0.2, 0) is 25.2 Å². The van der Waals surface area contributed by atoms with Gasteiger partial charge in [-0.15, -0.1) is 0 Å². The molecule has 4 aliphatic heterocycles. The molecule has 0 bridgehead atoms. The monoisotopic (exact) mass is 616 g/mol. The molecule has 9 heteroatoms. The van der Waals surface area contributed by atoms with Crippen molar-refractivity contribution in [2.24, 2.45) is 0 Å². The van der Waals surface area contributed by atoms with Gasteiger partial charge in [-0.25, -0.2) is 0 Å². The third-order valence-corrected chi connectivity index (χ3v) is 9.85. The van der Waals surface area contributed by atoms with E-state index in [9.17, 15) is 26.3 Å². The van der Waals surface area contributed by atoms with Crippen molar-refractivity contribution in [3.63, 3.8) is 0 Å². The first-order valence-corrected chi connectivity index (χ1v) is 15.0. The van der Waals surface area contributed by atoms with Crippen LogP contribution in [0.25, 0.3) is 28.1 Å². The van der Waals surface area contributed by atoms with Gasteiger partial charge in [0.1, 0.15) is 12.2 Å². The molecule has 45 heavy (non-hydrogen) atoms. The second-order valence-electron chi connectivity index (χ2n) is 12.2. The molecule has 3 atom stereocenters. The number of nitrogens with zero attached hydrogens (tertiary/aromatic N) is 3. The van der Waals surface area contributed by atoms with Gasteiger partial charge in [0.05, 0.1) is 16.7 Å². The summed E-state index contributed by atoms with van der Waals surface area (Å²) in [4.78, 5) is 4.45. The second kappa shape index (κ2) is 9.73. The van der Waals surface area contributed by atoms with Crippen molar-refractivity contribution in [2.75, 3.05) is 6.54 Å². The molecular weight excluding hydrogens is 588 g/mol. The van der Waals surface area contributed by atoms with E-state index < -0.39 is 35.1 Å². The van der Waals surface area contributed by atoms with Crippen LogP contribution in [0.15, 0.2) is 98.0 Å². The summed E-state index contributed by atoms with van der Waals surface area (Å²) in [6, 6.07) is 19.4. The minimum Gasteiger partial charge on any atom is -0.352 e. The number of alkyl halides is 6. The number of rotatable bonds is 1. The average Bonchev–Trinajstić information content (AvgIpc) is 3.47. The van der Waals surface area contributed by atoms with Crippen molar-refractivity contribution in [3.8, 4) is 22.4 Å². The van der Waals surface area contributed by atoms with E-state index in [4.69, 9.17) is 0 Å². The molecule has 4 aliphatic rings. The first-order chi connectivity index (χ1) is 21.5. The first-order valence-electron chi connectivity index (χ1n) is 15.0. The van der Waals surface area contributed by atoms with E-state index in [1.54, 1.807) is 22.9 Å². The highest BCUT2D eigenvalue weighted by Crippen LogP contribution is 2.53. The molecule has 0 aliphatic carbocycles. The number of benzene rings is 3. The Morgan fingerprint density at radius 3 is 2.29 bits per heavy atom. The zero-order chi connectivity index (χ0) is 31.2. The van der Waals surface area contributed by atoms with E-state index in [0.717, 1.165) is 29.7 Å². The van der Waals surface area contributed by atoms with Crippen LogP contribution in [-0.4, -0.2) is 22.4 Å². The molecule has 0 saturated carbocycles. The van der Waals surface area contributed by atoms with Gasteiger partial charge in [0.2, 0.25) is 11.4 Å². The molecule has 0 spiro atoms. The van der Waals surface area contributed by atoms with Crippen LogP contribution < -0.4 is 4.57 Å². The van der Waals surface area contributed by atoms with Gasteiger partial charge in [-0.2, -0.15) is 30.9 Å². The Labute approximate surface area is 256 Å². The fraction of sp³-hybridized carbons (Fsp3) is 0.250. The van der Waals surface area contributed by atoms with E-state index in [-0.39, 0.29) is 36.2 Å². The third-order valence-electron chi connectivity index (χ3n) is 9.85. The number of hydrogen-bond acceptors (Lipinski definition) is 2. The summed E-state index contributed by atoms with van der Waals surface area (Å²) in [5.74, 6) is -0.304. The molecule has 8 rings (SSSR count). The predicted octanol–water partition coefficient (Wildman–Crippen LogP) is 8.57. The lowest BCUT2D eigenvalue weighted by atomic mass is 9.75. The van der Waals surface area contributed by atoms with E-state index in [1.807, 2.05) is 54.9 Å². The molecule has 0 N–H and O–H groups in total. The highest BCUT2D eigenvalue weighted by Gasteiger charge is 2.51. The van der Waals surface area contributed by atoms with Gasteiger partial charge in [-0.05, 0) is 65.8 Å². The zero-order valence-electron chi connectivity index (χ0n) is 24.0. The fourth-order valence-electron chi connectivity index (χ4n) is 7.99. The lowest BCUT2D eigenvalue weighted by Crippen LogP contribution is -2.53. The number of fused-ring (bicyclic) bond motifs is 6. The lowest BCUT2D eigenvalue weighted by molar-refractivity contribution is -0.573. The highest BCUT2D eigenvalue weighted by atomic mass is 19.4. The molecule has 228 valence electrons. The van der Waals surface area contributed by atoms with Crippen molar-refractivity contribution in [1.29, 1.82) is 0 Å². The maximum absolute atomic E-state index is 14.8. The summed E-state index contributed by atoms with van der Waals surface area (Å²) >= 11 is 0. The largest absolute Gasteiger partial charge is 0.417 e. The summed E-state index contributed by atoms with van der Waals surface area (Å²) < 4.78 is 89.9. The second-order valence-corrected chi connectivity index (χ2v) is 12.2. The minimum absolute atomic E-state index is 0.0404. The van der Waals surface area contributed by atoms with Gasteiger partial charge in [0, 0.05) is 42.6 Å². The molecule has 3 unspecified atom stereocenters. The molecule has 4 aromatic rings.